The molecule has 0 unspecified atom stereocenters. The Morgan fingerprint density at radius 3 is 2.45 bits per heavy atom. The van der Waals surface area contributed by atoms with Gasteiger partial charge in [0, 0.05) is 28.9 Å². The third-order valence-corrected chi connectivity index (χ3v) is 5.87. The monoisotopic (exact) mass is 426 g/mol. The minimum atomic E-state index is -1.03. The van der Waals surface area contributed by atoms with Crippen LogP contribution in [0.3, 0.4) is 0 Å². The van der Waals surface area contributed by atoms with Gasteiger partial charge in [0.2, 0.25) is 0 Å². The molecule has 0 spiro atoms. The molecule has 1 aliphatic rings. The summed E-state index contributed by atoms with van der Waals surface area (Å²) >= 11 is 0. The first-order valence-corrected chi connectivity index (χ1v) is 10.7. The number of carbonyl (C=O) groups excluding carboxylic acids is 1. The van der Waals surface area contributed by atoms with Crippen molar-refractivity contribution in [2.75, 3.05) is 12.3 Å². The highest BCUT2D eigenvalue weighted by atomic mass is 16.6. The van der Waals surface area contributed by atoms with Crippen molar-refractivity contribution in [3.8, 4) is 5.75 Å². The van der Waals surface area contributed by atoms with Gasteiger partial charge in [-0.3, -0.25) is 0 Å². The number of hydrogen-bond donors (Lipinski definition) is 2. The molecule has 0 saturated heterocycles. The summed E-state index contributed by atoms with van der Waals surface area (Å²) in [5, 5.41) is 11.0. The average Bonchev–Trinajstić information content (AvgIpc) is 2.68. The molecule has 6 nitrogen and oxygen atoms in total. The van der Waals surface area contributed by atoms with Gasteiger partial charge in [0.05, 0.1) is 0 Å². The fourth-order valence-electron chi connectivity index (χ4n) is 3.83. The van der Waals surface area contributed by atoms with Crippen molar-refractivity contribution >= 4 is 11.8 Å². The first kappa shape index (κ1) is 22.9. The van der Waals surface area contributed by atoms with Crippen LogP contribution in [0.25, 0.3) is 0 Å². The third-order valence-electron chi connectivity index (χ3n) is 5.87. The van der Waals surface area contributed by atoms with Crippen molar-refractivity contribution in [2.24, 2.45) is 0 Å². The number of fused-ring (bicyclic) bond motifs is 1. The van der Waals surface area contributed by atoms with Gasteiger partial charge in [-0.1, -0.05) is 30.3 Å². The summed E-state index contributed by atoms with van der Waals surface area (Å²) in [6, 6.07) is 13.5. The lowest BCUT2D eigenvalue weighted by molar-refractivity contribution is -0.120. The van der Waals surface area contributed by atoms with E-state index in [0.717, 1.165) is 11.1 Å². The van der Waals surface area contributed by atoms with E-state index in [2.05, 4.69) is 0 Å². The first-order chi connectivity index (χ1) is 14.4. The van der Waals surface area contributed by atoms with E-state index in [-0.39, 0.29) is 0 Å². The van der Waals surface area contributed by atoms with Gasteiger partial charge in [-0.25, -0.2) is 4.79 Å². The molecule has 0 aliphatic carbocycles. The van der Waals surface area contributed by atoms with Gasteiger partial charge in [-0.2, -0.15) is 0 Å². The van der Waals surface area contributed by atoms with Crippen LogP contribution in [0.15, 0.2) is 42.5 Å². The third kappa shape index (κ3) is 4.79. The fourth-order valence-corrected chi connectivity index (χ4v) is 3.83. The predicted molar refractivity (Wildman–Crippen MR) is 122 cm³/mol. The number of aliphatic hydroxyl groups excluding tert-OH is 1. The number of ether oxygens (including phenoxy) is 2. The Kier molecular flexibility index (Phi) is 6.23. The van der Waals surface area contributed by atoms with Gasteiger partial charge in [0.15, 0.2) is 6.10 Å². The molecular weight excluding hydrogens is 392 g/mol. The summed E-state index contributed by atoms with van der Waals surface area (Å²) in [5.41, 5.74) is 7.81. The molecule has 6 heteroatoms. The molecule has 0 radical (unpaired) electrons. The van der Waals surface area contributed by atoms with Gasteiger partial charge in [-0.05, 0) is 65.7 Å². The van der Waals surface area contributed by atoms with Crippen LogP contribution in [0.1, 0.15) is 57.4 Å². The van der Waals surface area contributed by atoms with E-state index >= 15 is 0 Å². The summed E-state index contributed by atoms with van der Waals surface area (Å²) in [6.45, 7) is 11.8. The van der Waals surface area contributed by atoms with Gasteiger partial charge < -0.3 is 25.2 Å². The van der Waals surface area contributed by atoms with Crippen molar-refractivity contribution in [2.45, 2.75) is 71.3 Å². The number of aliphatic hydroxyl groups is 1. The lowest BCUT2D eigenvalue weighted by atomic mass is 9.87. The average molecular weight is 427 g/mol. The number of anilines is 1. The van der Waals surface area contributed by atoms with Gasteiger partial charge in [0.1, 0.15) is 17.5 Å². The molecule has 3 rings (SSSR count). The number of carbonyl (C=O) groups is 1. The van der Waals surface area contributed by atoms with Gasteiger partial charge in [-0.15, -0.1) is 0 Å². The zero-order valence-electron chi connectivity index (χ0n) is 19.3. The maximum absolute atomic E-state index is 13.3. The Hall–Kier alpha value is -2.73. The number of rotatable bonds is 4. The summed E-state index contributed by atoms with van der Waals surface area (Å²) in [6.07, 6.45) is -1.64. The Balaban J connectivity index is 1.88. The van der Waals surface area contributed by atoms with Gasteiger partial charge >= 0.3 is 6.09 Å². The summed E-state index contributed by atoms with van der Waals surface area (Å²) < 4.78 is 12.0. The number of nitrogens with two attached hydrogens (primary N) is 1. The van der Waals surface area contributed by atoms with E-state index in [0.29, 0.717) is 30.0 Å². The van der Waals surface area contributed by atoms with E-state index in [1.165, 1.54) is 0 Å². The molecule has 0 saturated carbocycles. The molecule has 1 heterocycles. The molecule has 0 aromatic heterocycles. The summed E-state index contributed by atoms with van der Waals surface area (Å²) in [7, 11) is 0. The van der Waals surface area contributed by atoms with Crippen LogP contribution in [0.2, 0.25) is 0 Å². The molecule has 2 aromatic carbocycles. The molecule has 168 valence electrons. The topological polar surface area (TPSA) is 85.0 Å². The van der Waals surface area contributed by atoms with E-state index in [1.807, 2.05) is 58.0 Å². The number of nitrogens with zero attached hydrogens (tertiary/aromatic N) is 1. The Labute approximate surface area is 185 Å². The Morgan fingerprint density at radius 2 is 1.84 bits per heavy atom. The molecular formula is C25H34N2O4. The van der Waals surface area contributed by atoms with Crippen LogP contribution < -0.4 is 10.5 Å². The Bertz CT molecular complexity index is 935. The number of nitrogen functional groups attached to an aromatic ring is 1. The van der Waals surface area contributed by atoms with Gasteiger partial charge in [0.25, 0.3) is 0 Å². The molecule has 0 fully saturated rings. The van der Waals surface area contributed by atoms with Crippen LogP contribution in [0, 0.1) is 6.92 Å². The van der Waals surface area contributed by atoms with Crippen LogP contribution in [0.4, 0.5) is 10.5 Å². The van der Waals surface area contributed by atoms with E-state index < -0.39 is 29.4 Å². The van der Waals surface area contributed by atoms with Crippen LogP contribution in [-0.4, -0.2) is 39.9 Å². The second kappa shape index (κ2) is 8.42. The van der Waals surface area contributed by atoms with Crippen LogP contribution in [-0.2, 0) is 11.2 Å². The minimum Gasteiger partial charge on any atom is -0.484 e. The van der Waals surface area contributed by atoms with Crippen LogP contribution in [0.5, 0.6) is 5.75 Å². The smallest absolute Gasteiger partial charge is 0.410 e. The SMILES string of the molecule is Cc1c(N)ccc2c1OC(C)(C)[C@H](O)[C@H]2OC(=O)N(CCc1ccccc1)C(C)(C)C. The maximum atomic E-state index is 13.3. The second-order valence-electron chi connectivity index (χ2n) is 9.71. The quantitative estimate of drug-likeness (QED) is 0.696. The Morgan fingerprint density at radius 1 is 1.19 bits per heavy atom. The maximum Gasteiger partial charge on any atom is 0.410 e. The summed E-state index contributed by atoms with van der Waals surface area (Å²) in [4.78, 5) is 15.0. The highest BCUT2D eigenvalue weighted by Crippen LogP contribution is 2.45. The highest BCUT2D eigenvalue weighted by molar-refractivity contribution is 5.70. The van der Waals surface area contributed by atoms with E-state index in [9.17, 15) is 9.90 Å². The van der Waals surface area contributed by atoms with Crippen molar-refractivity contribution in [3.63, 3.8) is 0 Å². The summed E-state index contributed by atoms with van der Waals surface area (Å²) in [5.74, 6) is 0.569. The minimum absolute atomic E-state index is 0.447. The molecule has 3 N–H and O–H groups in total. The zero-order valence-corrected chi connectivity index (χ0v) is 19.3. The van der Waals surface area contributed by atoms with Crippen molar-refractivity contribution in [1.29, 1.82) is 0 Å². The largest absolute Gasteiger partial charge is 0.484 e. The zero-order chi connectivity index (χ0) is 23.0. The van der Waals surface area contributed by atoms with Crippen molar-refractivity contribution in [1.82, 2.24) is 4.90 Å². The molecule has 1 amide bonds. The molecule has 0 bridgehead atoms. The van der Waals surface area contributed by atoms with Crippen molar-refractivity contribution < 1.29 is 19.4 Å². The standard InChI is InChI=1S/C25H34N2O4/c1-16-19(26)13-12-18-20(16)31-25(5,6)22(28)21(18)30-23(29)27(24(2,3)4)15-14-17-10-8-7-9-11-17/h7-13,21-22,28H,14-15,26H2,1-6H3/t21-,22+/m0/s1. The number of hydrogen-bond acceptors (Lipinski definition) is 5. The molecule has 2 aromatic rings. The van der Waals surface area contributed by atoms with E-state index in [1.54, 1.807) is 30.9 Å². The first-order valence-electron chi connectivity index (χ1n) is 10.7. The lowest BCUT2D eigenvalue weighted by Gasteiger charge is -2.43. The predicted octanol–water partition coefficient (Wildman–Crippen LogP) is 4.63. The highest BCUT2D eigenvalue weighted by Gasteiger charge is 2.46. The van der Waals surface area contributed by atoms with Crippen LogP contribution >= 0.6 is 0 Å². The normalized spacial score (nSPS) is 19.8. The number of amides is 1. The lowest BCUT2D eigenvalue weighted by Crippen LogP contribution is -2.52. The van der Waals surface area contributed by atoms with Crippen molar-refractivity contribution in [3.05, 3.63) is 59.2 Å². The second-order valence-corrected chi connectivity index (χ2v) is 9.71. The fraction of sp³-hybridized carbons (Fsp3) is 0.480. The molecule has 31 heavy (non-hydrogen) atoms. The molecule has 1 aliphatic heterocycles. The molecule has 2 atom stereocenters. The number of benzene rings is 2. The van der Waals surface area contributed by atoms with E-state index in [4.69, 9.17) is 15.2 Å².